The molecule has 0 aromatic rings. The first-order chi connectivity index (χ1) is 5.38. The number of hydrogen-bond acceptors (Lipinski definition) is 3. The van der Waals surface area contributed by atoms with Crippen molar-refractivity contribution in [3.8, 4) is 6.07 Å². The van der Waals surface area contributed by atoms with E-state index in [1.54, 1.807) is 0 Å². The minimum atomic E-state index is 0.259. The molecular formula is C8H12N2O. The predicted octanol–water partition coefficient (Wildman–Crippen LogP) is 0.277. The SMILES string of the molecule is N#CC1CC2COCC(C1)N2. The molecule has 0 aliphatic carbocycles. The standard InChI is InChI=1S/C8H12N2O/c9-3-6-1-7-4-11-5-8(2-6)10-7/h6-8,10H,1-2,4-5H2. The van der Waals surface area contributed by atoms with E-state index < -0.39 is 0 Å². The van der Waals surface area contributed by atoms with Crippen LogP contribution in [0.25, 0.3) is 0 Å². The normalized spacial score (nSPS) is 43.0. The summed E-state index contributed by atoms with van der Waals surface area (Å²) in [6, 6.07) is 3.21. The lowest BCUT2D eigenvalue weighted by molar-refractivity contribution is 0.0152. The van der Waals surface area contributed by atoms with Crippen LogP contribution in [0.2, 0.25) is 0 Å². The molecule has 0 radical (unpaired) electrons. The lowest BCUT2D eigenvalue weighted by Gasteiger charge is -2.37. The Balaban J connectivity index is 2.01. The molecule has 0 aromatic carbocycles. The quantitative estimate of drug-likeness (QED) is 0.542. The van der Waals surface area contributed by atoms with E-state index in [2.05, 4.69) is 11.4 Å². The van der Waals surface area contributed by atoms with Gasteiger partial charge in [-0.05, 0) is 12.8 Å². The number of nitrogens with one attached hydrogen (secondary N) is 1. The molecule has 2 rings (SSSR count). The number of hydrogen-bond donors (Lipinski definition) is 1. The second-order valence-corrected chi connectivity index (χ2v) is 3.40. The number of nitrogens with zero attached hydrogens (tertiary/aromatic N) is 1. The smallest absolute Gasteiger partial charge is 0.0657 e. The van der Waals surface area contributed by atoms with E-state index >= 15 is 0 Å². The van der Waals surface area contributed by atoms with E-state index in [-0.39, 0.29) is 5.92 Å². The van der Waals surface area contributed by atoms with Gasteiger partial charge in [-0.2, -0.15) is 5.26 Å². The van der Waals surface area contributed by atoms with E-state index in [4.69, 9.17) is 10.00 Å². The van der Waals surface area contributed by atoms with Gasteiger partial charge in [-0.1, -0.05) is 0 Å². The van der Waals surface area contributed by atoms with Crippen molar-refractivity contribution in [2.45, 2.75) is 24.9 Å². The van der Waals surface area contributed by atoms with Gasteiger partial charge in [-0.25, -0.2) is 0 Å². The van der Waals surface area contributed by atoms with Crippen LogP contribution in [0.5, 0.6) is 0 Å². The van der Waals surface area contributed by atoms with Gasteiger partial charge in [0.1, 0.15) is 0 Å². The van der Waals surface area contributed by atoms with Gasteiger partial charge in [0.15, 0.2) is 0 Å². The third-order valence-electron chi connectivity index (χ3n) is 2.43. The summed E-state index contributed by atoms with van der Waals surface area (Å²) in [6.45, 7) is 1.57. The van der Waals surface area contributed by atoms with Gasteiger partial charge in [0.2, 0.25) is 0 Å². The van der Waals surface area contributed by atoms with Crippen molar-refractivity contribution in [2.24, 2.45) is 5.92 Å². The molecule has 2 aliphatic rings. The van der Waals surface area contributed by atoms with Crippen LogP contribution in [0, 0.1) is 17.2 Å². The summed E-state index contributed by atoms with van der Waals surface area (Å²) in [6.07, 6.45) is 1.93. The van der Waals surface area contributed by atoms with Crippen LogP contribution >= 0.6 is 0 Å². The number of piperidine rings is 1. The number of morpholine rings is 1. The maximum Gasteiger partial charge on any atom is 0.0657 e. The number of ether oxygens (including phenoxy) is 1. The van der Waals surface area contributed by atoms with Crippen molar-refractivity contribution >= 4 is 0 Å². The Labute approximate surface area is 66.3 Å². The molecule has 60 valence electrons. The van der Waals surface area contributed by atoms with Crippen LogP contribution in [-0.2, 0) is 4.74 Å². The van der Waals surface area contributed by atoms with Gasteiger partial charge < -0.3 is 10.1 Å². The highest BCUT2D eigenvalue weighted by atomic mass is 16.5. The van der Waals surface area contributed by atoms with Crippen molar-refractivity contribution in [1.29, 1.82) is 5.26 Å². The van der Waals surface area contributed by atoms with Crippen molar-refractivity contribution in [3.05, 3.63) is 0 Å². The van der Waals surface area contributed by atoms with Crippen LogP contribution in [-0.4, -0.2) is 25.3 Å². The third-order valence-corrected chi connectivity index (χ3v) is 2.43. The van der Waals surface area contributed by atoms with Gasteiger partial charge in [-0.3, -0.25) is 0 Å². The molecule has 1 N–H and O–H groups in total. The molecule has 2 saturated heterocycles. The summed E-state index contributed by atoms with van der Waals surface area (Å²) in [4.78, 5) is 0. The molecule has 3 heteroatoms. The Morgan fingerprint density at radius 2 is 1.91 bits per heavy atom. The zero-order chi connectivity index (χ0) is 7.68. The summed E-state index contributed by atoms with van der Waals surface area (Å²) in [7, 11) is 0. The van der Waals surface area contributed by atoms with Gasteiger partial charge in [0.25, 0.3) is 0 Å². The lowest BCUT2D eigenvalue weighted by Crippen LogP contribution is -2.53. The van der Waals surface area contributed by atoms with Crippen LogP contribution in [0.1, 0.15) is 12.8 Å². The summed E-state index contributed by atoms with van der Waals surface area (Å²) in [5.74, 6) is 0.259. The zero-order valence-corrected chi connectivity index (χ0v) is 6.42. The largest absolute Gasteiger partial charge is 0.378 e. The Hall–Kier alpha value is -0.590. The van der Waals surface area contributed by atoms with E-state index in [1.165, 1.54) is 0 Å². The van der Waals surface area contributed by atoms with Crippen molar-refractivity contribution in [3.63, 3.8) is 0 Å². The average molecular weight is 152 g/mol. The molecule has 2 aliphatic heterocycles. The van der Waals surface area contributed by atoms with E-state index in [1.807, 2.05) is 0 Å². The van der Waals surface area contributed by atoms with Crippen LogP contribution in [0.15, 0.2) is 0 Å². The van der Waals surface area contributed by atoms with Gasteiger partial charge in [-0.15, -0.1) is 0 Å². The molecule has 0 amide bonds. The van der Waals surface area contributed by atoms with Crippen LogP contribution in [0.4, 0.5) is 0 Å². The molecule has 2 heterocycles. The summed E-state index contributed by atoms with van der Waals surface area (Å²) < 4.78 is 5.36. The number of fused-ring (bicyclic) bond motifs is 2. The highest BCUT2D eigenvalue weighted by Gasteiger charge is 2.31. The van der Waals surface area contributed by atoms with Crippen molar-refractivity contribution < 1.29 is 4.74 Å². The maximum absolute atomic E-state index is 8.73. The molecule has 3 nitrogen and oxygen atoms in total. The first-order valence-electron chi connectivity index (χ1n) is 4.12. The molecular weight excluding hydrogens is 140 g/mol. The minimum absolute atomic E-state index is 0.259. The highest BCUT2D eigenvalue weighted by molar-refractivity contribution is 4.96. The van der Waals surface area contributed by atoms with E-state index in [0.717, 1.165) is 26.1 Å². The molecule has 0 aromatic heterocycles. The second-order valence-electron chi connectivity index (χ2n) is 3.40. The predicted molar refractivity (Wildman–Crippen MR) is 39.9 cm³/mol. The monoisotopic (exact) mass is 152 g/mol. The molecule has 2 fully saturated rings. The highest BCUT2D eigenvalue weighted by Crippen LogP contribution is 2.22. The molecule has 0 spiro atoms. The van der Waals surface area contributed by atoms with Gasteiger partial charge >= 0.3 is 0 Å². The lowest BCUT2D eigenvalue weighted by atomic mass is 9.88. The molecule has 2 bridgehead atoms. The molecule has 0 saturated carbocycles. The maximum atomic E-state index is 8.73. The number of rotatable bonds is 0. The number of nitriles is 1. The first kappa shape index (κ1) is 7.08. The van der Waals surface area contributed by atoms with E-state index in [9.17, 15) is 0 Å². The van der Waals surface area contributed by atoms with Gasteiger partial charge in [0, 0.05) is 18.0 Å². The van der Waals surface area contributed by atoms with Crippen molar-refractivity contribution in [1.82, 2.24) is 5.32 Å². The Morgan fingerprint density at radius 1 is 1.27 bits per heavy atom. The summed E-state index contributed by atoms with van der Waals surface area (Å²) >= 11 is 0. The molecule has 2 unspecified atom stereocenters. The Morgan fingerprint density at radius 3 is 2.45 bits per heavy atom. The fourth-order valence-corrected chi connectivity index (χ4v) is 1.94. The second kappa shape index (κ2) is 2.80. The van der Waals surface area contributed by atoms with Crippen LogP contribution in [0.3, 0.4) is 0 Å². The topological polar surface area (TPSA) is 45.0 Å². The Bertz CT molecular complexity index is 175. The first-order valence-corrected chi connectivity index (χ1v) is 4.12. The summed E-state index contributed by atoms with van der Waals surface area (Å²) in [5, 5.41) is 12.2. The minimum Gasteiger partial charge on any atom is -0.378 e. The molecule has 11 heavy (non-hydrogen) atoms. The Kier molecular flexibility index (Phi) is 1.80. The van der Waals surface area contributed by atoms with Gasteiger partial charge in [0.05, 0.1) is 19.3 Å². The average Bonchev–Trinajstić information content (AvgIpc) is 2.03. The van der Waals surface area contributed by atoms with E-state index in [0.29, 0.717) is 12.1 Å². The zero-order valence-electron chi connectivity index (χ0n) is 6.42. The fraction of sp³-hybridized carbons (Fsp3) is 0.875. The van der Waals surface area contributed by atoms with Crippen LogP contribution < -0.4 is 5.32 Å². The fourth-order valence-electron chi connectivity index (χ4n) is 1.94. The summed E-state index contributed by atoms with van der Waals surface area (Å²) in [5.41, 5.74) is 0. The molecule has 2 atom stereocenters. The van der Waals surface area contributed by atoms with Crippen molar-refractivity contribution in [2.75, 3.05) is 13.2 Å². The third kappa shape index (κ3) is 1.37.